The molecule has 1 aliphatic heterocycles. The van der Waals surface area contributed by atoms with E-state index in [1.54, 1.807) is 5.51 Å². The van der Waals surface area contributed by atoms with Gasteiger partial charge in [-0.15, -0.1) is 11.3 Å². The van der Waals surface area contributed by atoms with Crippen molar-refractivity contribution in [3.63, 3.8) is 0 Å². The zero-order chi connectivity index (χ0) is 15.7. The van der Waals surface area contributed by atoms with Gasteiger partial charge in [-0.3, -0.25) is 4.79 Å². The molecular formula is C15H20N4O2S. The van der Waals surface area contributed by atoms with Crippen LogP contribution in [0, 0.1) is 6.92 Å². The predicted molar refractivity (Wildman–Crippen MR) is 83.1 cm³/mol. The maximum Gasteiger partial charge on any atom is 0.265 e. The summed E-state index contributed by atoms with van der Waals surface area (Å²) in [6.07, 6.45) is 1.95. The topological polar surface area (TPSA) is 72.1 Å². The van der Waals surface area contributed by atoms with Crippen LogP contribution in [0.25, 0.3) is 0 Å². The minimum Gasteiger partial charge on any atom is -0.339 e. The molecule has 3 heterocycles. The van der Waals surface area contributed by atoms with Crippen LogP contribution >= 0.6 is 11.3 Å². The Bertz CT molecular complexity index is 664. The Kier molecular flexibility index (Phi) is 4.24. The quantitative estimate of drug-likeness (QED) is 0.869. The second-order valence-electron chi connectivity index (χ2n) is 6.00. The molecule has 118 valence electrons. The van der Waals surface area contributed by atoms with E-state index in [-0.39, 0.29) is 17.7 Å². The molecule has 0 saturated carbocycles. The Morgan fingerprint density at radius 1 is 1.50 bits per heavy atom. The van der Waals surface area contributed by atoms with Crippen molar-refractivity contribution in [1.82, 2.24) is 20.0 Å². The van der Waals surface area contributed by atoms with Gasteiger partial charge in [-0.05, 0) is 19.8 Å². The van der Waals surface area contributed by atoms with E-state index in [9.17, 15) is 4.79 Å². The van der Waals surface area contributed by atoms with Crippen LogP contribution in [0.1, 0.15) is 65.6 Å². The number of rotatable bonds is 3. The zero-order valence-corrected chi connectivity index (χ0v) is 13.9. The molecule has 0 spiro atoms. The molecule has 0 aromatic carbocycles. The monoisotopic (exact) mass is 320 g/mol. The van der Waals surface area contributed by atoms with Crippen molar-refractivity contribution in [3.05, 3.63) is 27.8 Å². The van der Waals surface area contributed by atoms with E-state index < -0.39 is 0 Å². The van der Waals surface area contributed by atoms with Crippen LogP contribution < -0.4 is 0 Å². The summed E-state index contributed by atoms with van der Waals surface area (Å²) >= 11 is 1.40. The predicted octanol–water partition coefficient (Wildman–Crippen LogP) is 2.98. The molecule has 0 radical (unpaired) electrons. The lowest BCUT2D eigenvalue weighted by atomic mass is 9.97. The lowest BCUT2D eigenvalue weighted by Gasteiger charge is -2.31. The highest BCUT2D eigenvalue weighted by Crippen LogP contribution is 2.28. The average Bonchev–Trinajstić information content (AvgIpc) is 3.15. The minimum atomic E-state index is 0.0669. The van der Waals surface area contributed by atoms with Crippen LogP contribution in [0.3, 0.4) is 0 Å². The van der Waals surface area contributed by atoms with E-state index >= 15 is 0 Å². The molecule has 1 atom stereocenters. The molecule has 1 saturated heterocycles. The number of amides is 1. The molecule has 0 N–H and O–H groups in total. The summed E-state index contributed by atoms with van der Waals surface area (Å²) in [4.78, 5) is 23.9. The molecule has 0 unspecified atom stereocenters. The van der Waals surface area contributed by atoms with E-state index in [2.05, 4.69) is 15.1 Å². The third-order valence-electron chi connectivity index (χ3n) is 3.96. The number of aryl methyl sites for hydroxylation is 1. The number of carbonyl (C=O) groups excluding carboxylic acids is 1. The smallest absolute Gasteiger partial charge is 0.265 e. The lowest BCUT2D eigenvalue weighted by Crippen LogP contribution is -2.39. The molecule has 1 amide bonds. The second-order valence-corrected chi connectivity index (χ2v) is 6.86. The first-order valence-electron chi connectivity index (χ1n) is 7.59. The third kappa shape index (κ3) is 2.90. The van der Waals surface area contributed by atoms with Crippen molar-refractivity contribution in [1.29, 1.82) is 0 Å². The Morgan fingerprint density at radius 2 is 2.32 bits per heavy atom. The summed E-state index contributed by atoms with van der Waals surface area (Å²) in [6, 6.07) is 0. The molecule has 2 aromatic heterocycles. The number of carbonyl (C=O) groups is 1. The van der Waals surface area contributed by atoms with Gasteiger partial charge in [0.05, 0.1) is 11.2 Å². The maximum atomic E-state index is 12.6. The standard InChI is InChI=1S/C15H20N4O2S/c1-9(2)14-17-13(18-21-14)11-5-4-6-19(7-11)15(20)12-10(3)16-8-22-12/h8-9,11H,4-7H2,1-3H3/t11-/m0/s1. The van der Waals surface area contributed by atoms with Gasteiger partial charge in [0, 0.05) is 24.9 Å². The number of hydrogen-bond donors (Lipinski definition) is 0. The molecule has 7 heteroatoms. The molecule has 1 fully saturated rings. The normalized spacial score (nSPS) is 18.9. The van der Waals surface area contributed by atoms with Crippen molar-refractivity contribution in [2.75, 3.05) is 13.1 Å². The zero-order valence-electron chi connectivity index (χ0n) is 13.1. The van der Waals surface area contributed by atoms with E-state index in [0.29, 0.717) is 12.4 Å². The van der Waals surface area contributed by atoms with Crippen molar-refractivity contribution in [3.8, 4) is 0 Å². The van der Waals surface area contributed by atoms with Crippen LogP contribution in [-0.2, 0) is 0 Å². The largest absolute Gasteiger partial charge is 0.339 e. The van der Waals surface area contributed by atoms with Crippen LogP contribution in [0.4, 0.5) is 0 Å². The molecular weight excluding hydrogens is 300 g/mol. The highest BCUT2D eigenvalue weighted by atomic mass is 32.1. The van der Waals surface area contributed by atoms with Gasteiger partial charge in [-0.25, -0.2) is 4.98 Å². The van der Waals surface area contributed by atoms with Gasteiger partial charge >= 0.3 is 0 Å². The van der Waals surface area contributed by atoms with Crippen LogP contribution in [-0.4, -0.2) is 39.0 Å². The van der Waals surface area contributed by atoms with E-state index in [1.165, 1.54) is 11.3 Å². The molecule has 1 aliphatic rings. The molecule has 22 heavy (non-hydrogen) atoms. The fourth-order valence-electron chi connectivity index (χ4n) is 2.67. The first kappa shape index (κ1) is 15.1. The first-order chi connectivity index (χ1) is 10.6. The molecule has 6 nitrogen and oxygen atoms in total. The SMILES string of the molecule is Cc1ncsc1C(=O)N1CCC[C@H](c2noc(C(C)C)n2)C1. The Balaban J connectivity index is 1.73. The van der Waals surface area contributed by atoms with E-state index in [0.717, 1.165) is 35.8 Å². The Labute approximate surface area is 133 Å². The van der Waals surface area contributed by atoms with Gasteiger partial charge < -0.3 is 9.42 Å². The number of likely N-dealkylation sites (tertiary alicyclic amines) is 1. The number of hydrogen-bond acceptors (Lipinski definition) is 6. The average molecular weight is 320 g/mol. The Hall–Kier alpha value is -1.76. The van der Waals surface area contributed by atoms with Crippen LogP contribution in [0.5, 0.6) is 0 Å². The summed E-state index contributed by atoms with van der Waals surface area (Å²) in [7, 11) is 0. The fraction of sp³-hybridized carbons (Fsp3) is 0.600. The van der Waals surface area contributed by atoms with Crippen LogP contribution in [0.15, 0.2) is 10.0 Å². The van der Waals surface area contributed by atoms with Gasteiger partial charge in [-0.1, -0.05) is 19.0 Å². The van der Waals surface area contributed by atoms with E-state index in [4.69, 9.17) is 4.52 Å². The van der Waals surface area contributed by atoms with Crippen molar-refractivity contribution < 1.29 is 9.32 Å². The van der Waals surface area contributed by atoms with Crippen LogP contribution in [0.2, 0.25) is 0 Å². The summed E-state index contributed by atoms with van der Waals surface area (Å²) in [5, 5.41) is 4.10. The highest BCUT2D eigenvalue weighted by molar-refractivity contribution is 7.11. The summed E-state index contributed by atoms with van der Waals surface area (Å²) in [6.45, 7) is 7.36. The molecule has 2 aromatic rings. The van der Waals surface area contributed by atoms with Gasteiger partial charge in [0.25, 0.3) is 5.91 Å². The first-order valence-corrected chi connectivity index (χ1v) is 8.47. The Morgan fingerprint density at radius 3 is 2.95 bits per heavy atom. The molecule has 0 aliphatic carbocycles. The summed E-state index contributed by atoms with van der Waals surface area (Å²) in [5.41, 5.74) is 2.52. The third-order valence-corrected chi connectivity index (χ3v) is 4.88. The second kappa shape index (κ2) is 6.16. The van der Waals surface area contributed by atoms with Crippen molar-refractivity contribution >= 4 is 17.2 Å². The van der Waals surface area contributed by atoms with Crippen molar-refractivity contribution in [2.24, 2.45) is 0 Å². The summed E-state index contributed by atoms with van der Waals surface area (Å²) < 4.78 is 5.29. The van der Waals surface area contributed by atoms with E-state index in [1.807, 2.05) is 25.7 Å². The molecule has 0 bridgehead atoms. The minimum absolute atomic E-state index is 0.0669. The van der Waals surface area contributed by atoms with Gasteiger partial charge in [0.15, 0.2) is 5.82 Å². The number of piperidine rings is 1. The van der Waals surface area contributed by atoms with Gasteiger partial charge in [0.1, 0.15) is 4.88 Å². The number of thiazole rings is 1. The highest BCUT2D eigenvalue weighted by Gasteiger charge is 2.30. The van der Waals surface area contributed by atoms with Crippen molar-refractivity contribution in [2.45, 2.75) is 45.4 Å². The molecule has 3 rings (SSSR count). The maximum absolute atomic E-state index is 12.6. The fourth-order valence-corrected chi connectivity index (χ4v) is 3.44. The number of aromatic nitrogens is 3. The lowest BCUT2D eigenvalue weighted by molar-refractivity contribution is 0.0707. The number of nitrogens with zero attached hydrogens (tertiary/aromatic N) is 4. The summed E-state index contributed by atoms with van der Waals surface area (Å²) in [5.74, 6) is 1.83. The van der Waals surface area contributed by atoms with Gasteiger partial charge in [0.2, 0.25) is 5.89 Å². The van der Waals surface area contributed by atoms with Gasteiger partial charge in [-0.2, -0.15) is 4.98 Å².